The molecule has 1 saturated heterocycles. The van der Waals surface area contributed by atoms with Gasteiger partial charge in [0, 0.05) is 17.9 Å². The Morgan fingerprint density at radius 3 is 2.47 bits per heavy atom. The second kappa shape index (κ2) is 3.65. The zero-order valence-electron chi connectivity index (χ0n) is 9.78. The summed E-state index contributed by atoms with van der Waals surface area (Å²) < 4.78 is 0. The fraction of sp³-hybridized carbons (Fsp3) is 0.462. The summed E-state index contributed by atoms with van der Waals surface area (Å²) in [6.07, 6.45) is 4.50. The molecular weight excluding hydrogens is 214 g/mol. The maximum Gasteiger partial charge on any atom is 0.322 e. The van der Waals surface area contributed by atoms with Crippen LogP contribution in [0.4, 0.5) is 16.2 Å². The molecule has 3 N–H and O–H groups in total. The van der Waals surface area contributed by atoms with E-state index in [1.807, 2.05) is 29.2 Å². The largest absolute Gasteiger partial charge is 0.399 e. The third kappa shape index (κ3) is 1.55. The maximum atomic E-state index is 12.1. The van der Waals surface area contributed by atoms with Crippen LogP contribution in [0.15, 0.2) is 24.3 Å². The molecule has 2 fully saturated rings. The van der Waals surface area contributed by atoms with E-state index in [0.29, 0.717) is 0 Å². The molecule has 1 aromatic rings. The van der Waals surface area contributed by atoms with Crippen molar-refractivity contribution in [2.24, 2.45) is 0 Å². The third-order valence-corrected chi connectivity index (χ3v) is 3.98. The molecule has 0 bridgehead atoms. The molecule has 3 rings (SSSR count). The maximum absolute atomic E-state index is 12.1. The lowest BCUT2D eigenvalue weighted by Gasteiger charge is -2.52. The smallest absolute Gasteiger partial charge is 0.322 e. The topological polar surface area (TPSA) is 58.4 Å². The van der Waals surface area contributed by atoms with Crippen molar-refractivity contribution in [2.45, 2.75) is 31.2 Å². The zero-order valence-corrected chi connectivity index (χ0v) is 9.78. The molecular formula is C13H17N3O. The van der Waals surface area contributed by atoms with Gasteiger partial charge in [-0.05, 0) is 49.9 Å². The Bertz CT molecular complexity index is 436. The molecule has 1 aliphatic carbocycles. The van der Waals surface area contributed by atoms with Gasteiger partial charge in [-0.3, -0.25) is 4.90 Å². The number of carbonyl (C=O) groups is 1. The Hall–Kier alpha value is -1.71. The van der Waals surface area contributed by atoms with Crippen molar-refractivity contribution in [3.8, 4) is 0 Å². The molecule has 90 valence electrons. The minimum absolute atomic E-state index is 0.0284. The molecule has 4 nitrogen and oxygen atoms in total. The third-order valence-electron chi connectivity index (χ3n) is 3.98. The molecule has 2 amide bonds. The summed E-state index contributed by atoms with van der Waals surface area (Å²) >= 11 is 0. The van der Waals surface area contributed by atoms with Gasteiger partial charge in [-0.1, -0.05) is 0 Å². The van der Waals surface area contributed by atoms with E-state index in [-0.39, 0.29) is 11.6 Å². The highest BCUT2D eigenvalue weighted by Gasteiger charge is 2.47. The molecule has 17 heavy (non-hydrogen) atoms. The van der Waals surface area contributed by atoms with Crippen LogP contribution in [0.3, 0.4) is 0 Å². The summed E-state index contributed by atoms with van der Waals surface area (Å²) in [5.41, 5.74) is 7.44. The first-order chi connectivity index (χ1) is 8.21. The van der Waals surface area contributed by atoms with Crippen molar-refractivity contribution >= 4 is 17.4 Å². The van der Waals surface area contributed by atoms with Crippen LogP contribution < -0.4 is 16.0 Å². The molecule has 1 saturated carbocycles. The molecule has 1 aromatic carbocycles. The van der Waals surface area contributed by atoms with Gasteiger partial charge >= 0.3 is 6.03 Å². The lowest BCUT2D eigenvalue weighted by molar-refractivity contribution is 0.178. The number of nitrogen functional groups attached to an aromatic ring is 1. The first kappa shape index (κ1) is 10.4. The molecule has 0 aromatic heterocycles. The predicted molar refractivity (Wildman–Crippen MR) is 67.9 cm³/mol. The molecule has 1 heterocycles. The Labute approximate surface area is 101 Å². The van der Waals surface area contributed by atoms with E-state index < -0.39 is 0 Å². The van der Waals surface area contributed by atoms with Gasteiger partial charge in [0.1, 0.15) is 0 Å². The van der Waals surface area contributed by atoms with Crippen LogP contribution in [0.25, 0.3) is 0 Å². The summed E-state index contributed by atoms with van der Waals surface area (Å²) in [6.45, 7) is 0.796. The average molecular weight is 231 g/mol. The monoisotopic (exact) mass is 231 g/mol. The molecule has 1 spiro atoms. The highest BCUT2D eigenvalue weighted by atomic mass is 16.2. The number of hydrogen-bond acceptors (Lipinski definition) is 2. The molecule has 0 radical (unpaired) electrons. The van der Waals surface area contributed by atoms with Gasteiger partial charge in [0.15, 0.2) is 0 Å². The minimum atomic E-state index is 0.0284. The number of anilines is 2. The molecule has 0 atom stereocenters. The van der Waals surface area contributed by atoms with Gasteiger partial charge < -0.3 is 11.1 Å². The lowest BCUT2D eigenvalue weighted by atomic mass is 9.72. The number of urea groups is 1. The van der Waals surface area contributed by atoms with E-state index in [9.17, 15) is 4.79 Å². The SMILES string of the molecule is Nc1ccc(N2C(=O)NCCC23CCC3)cc1. The summed E-state index contributed by atoms with van der Waals surface area (Å²) in [6, 6.07) is 7.59. The first-order valence-corrected chi connectivity index (χ1v) is 6.15. The minimum Gasteiger partial charge on any atom is -0.399 e. The average Bonchev–Trinajstić information content (AvgIpc) is 2.28. The Morgan fingerprint density at radius 1 is 1.18 bits per heavy atom. The van der Waals surface area contributed by atoms with Crippen LogP contribution in [0.1, 0.15) is 25.7 Å². The summed E-state index contributed by atoms with van der Waals surface area (Å²) in [5, 5.41) is 2.92. The second-order valence-corrected chi connectivity index (χ2v) is 4.99. The van der Waals surface area contributed by atoms with E-state index in [1.165, 1.54) is 6.42 Å². The second-order valence-electron chi connectivity index (χ2n) is 4.99. The fourth-order valence-electron chi connectivity index (χ4n) is 2.88. The van der Waals surface area contributed by atoms with Crippen molar-refractivity contribution in [1.29, 1.82) is 0 Å². The highest BCUT2D eigenvalue weighted by molar-refractivity contribution is 5.94. The molecule has 0 unspecified atom stereocenters. The number of carbonyl (C=O) groups excluding carboxylic acids is 1. The van der Waals surface area contributed by atoms with Crippen LogP contribution in [0.2, 0.25) is 0 Å². The van der Waals surface area contributed by atoms with Crippen LogP contribution in [0.5, 0.6) is 0 Å². The molecule has 4 heteroatoms. The quantitative estimate of drug-likeness (QED) is 0.727. The van der Waals surface area contributed by atoms with Crippen molar-refractivity contribution in [1.82, 2.24) is 5.32 Å². The van der Waals surface area contributed by atoms with E-state index in [1.54, 1.807) is 0 Å². The predicted octanol–water partition coefficient (Wildman–Crippen LogP) is 2.11. The van der Waals surface area contributed by atoms with Crippen LogP contribution >= 0.6 is 0 Å². The Morgan fingerprint density at radius 2 is 1.88 bits per heavy atom. The van der Waals surface area contributed by atoms with E-state index in [0.717, 1.165) is 37.2 Å². The zero-order chi connectivity index (χ0) is 11.9. The summed E-state index contributed by atoms with van der Waals surface area (Å²) in [4.78, 5) is 14.0. The highest BCUT2D eigenvalue weighted by Crippen LogP contribution is 2.44. The number of rotatable bonds is 1. The van der Waals surface area contributed by atoms with Crippen molar-refractivity contribution in [3.63, 3.8) is 0 Å². The van der Waals surface area contributed by atoms with Gasteiger partial charge in [-0.25, -0.2) is 4.79 Å². The number of nitrogens with one attached hydrogen (secondary N) is 1. The van der Waals surface area contributed by atoms with Gasteiger partial charge in [-0.15, -0.1) is 0 Å². The van der Waals surface area contributed by atoms with Crippen molar-refractivity contribution in [2.75, 3.05) is 17.2 Å². The van der Waals surface area contributed by atoms with Gasteiger partial charge in [0.05, 0.1) is 5.54 Å². The fourth-order valence-corrected chi connectivity index (χ4v) is 2.88. The lowest BCUT2D eigenvalue weighted by Crippen LogP contribution is -2.64. The van der Waals surface area contributed by atoms with Crippen molar-refractivity contribution in [3.05, 3.63) is 24.3 Å². The Balaban J connectivity index is 1.97. The van der Waals surface area contributed by atoms with Crippen molar-refractivity contribution < 1.29 is 4.79 Å². The summed E-state index contributed by atoms with van der Waals surface area (Å²) in [7, 11) is 0. The number of nitrogens with two attached hydrogens (primary N) is 1. The first-order valence-electron chi connectivity index (χ1n) is 6.15. The summed E-state index contributed by atoms with van der Waals surface area (Å²) in [5.74, 6) is 0. The van der Waals surface area contributed by atoms with Crippen LogP contribution in [-0.4, -0.2) is 18.1 Å². The molecule has 1 aliphatic heterocycles. The standard InChI is InChI=1S/C13H17N3O/c14-10-2-4-11(5-3-10)16-12(17)15-9-8-13(16)6-1-7-13/h2-5H,1,6-9,14H2,(H,15,17). The van der Waals surface area contributed by atoms with Crippen LogP contribution in [0, 0.1) is 0 Å². The number of hydrogen-bond donors (Lipinski definition) is 2. The number of amides is 2. The number of benzene rings is 1. The van der Waals surface area contributed by atoms with E-state index in [2.05, 4.69) is 5.32 Å². The molecule has 2 aliphatic rings. The van der Waals surface area contributed by atoms with Crippen LogP contribution in [-0.2, 0) is 0 Å². The van der Waals surface area contributed by atoms with Gasteiger partial charge in [0.2, 0.25) is 0 Å². The Kier molecular flexibility index (Phi) is 2.24. The van der Waals surface area contributed by atoms with E-state index in [4.69, 9.17) is 5.73 Å². The van der Waals surface area contributed by atoms with Gasteiger partial charge in [-0.2, -0.15) is 0 Å². The van der Waals surface area contributed by atoms with E-state index >= 15 is 0 Å². The number of nitrogens with zero attached hydrogens (tertiary/aromatic N) is 1. The van der Waals surface area contributed by atoms with Gasteiger partial charge in [0.25, 0.3) is 0 Å². The normalized spacial score (nSPS) is 22.1.